The van der Waals surface area contributed by atoms with Gasteiger partial charge in [0.15, 0.2) is 5.41 Å². The van der Waals surface area contributed by atoms with Crippen LogP contribution in [-0.2, 0) is 9.59 Å². The third kappa shape index (κ3) is 5.22. The van der Waals surface area contributed by atoms with Crippen LogP contribution in [0.3, 0.4) is 0 Å². The van der Waals surface area contributed by atoms with E-state index in [0.717, 1.165) is 6.42 Å². The maximum atomic E-state index is 11.0. The Morgan fingerprint density at radius 1 is 1.25 bits per heavy atom. The molecule has 16 heavy (non-hydrogen) atoms. The predicted octanol–water partition coefficient (Wildman–Crippen LogP) is -3.78. The quantitative estimate of drug-likeness (QED) is 0.375. The first-order valence-corrected chi connectivity index (χ1v) is 4.86. The zero-order valence-electron chi connectivity index (χ0n) is 12.9. The Hall–Kier alpha value is 1.17. The van der Waals surface area contributed by atoms with Crippen LogP contribution in [0.5, 0.6) is 0 Å². The molecule has 0 saturated heterocycles. The number of hydrogen-bond acceptors (Lipinski definition) is 2. The van der Waals surface area contributed by atoms with Gasteiger partial charge in [-0.05, 0) is 12.3 Å². The minimum absolute atomic E-state index is 0. The summed E-state index contributed by atoms with van der Waals surface area (Å²) in [4.78, 5) is 22.1. The second-order valence-corrected chi connectivity index (χ2v) is 3.84. The van der Waals surface area contributed by atoms with Crippen LogP contribution >= 0.6 is 0 Å². The summed E-state index contributed by atoms with van der Waals surface area (Å²) >= 11 is 0. The molecule has 0 aromatic carbocycles. The molecule has 0 rings (SSSR count). The van der Waals surface area contributed by atoms with Crippen molar-refractivity contribution in [3.05, 3.63) is 0 Å². The van der Waals surface area contributed by atoms with Crippen molar-refractivity contribution in [2.24, 2.45) is 11.3 Å². The van der Waals surface area contributed by atoms with Crippen LogP contribution in [0.2, 0.25) is 0 Å². The number of unbranched alkanes of at least 4 members (excludes halogenated alkanes) is 1. The Bertz CT molecular complexity index is 226. The summed E-state index contributed by atoms with van der Waals surface area (Å²) in [6.07, 6.45) is 1.62. The van der Waals surface area contributed by atoms with Crippen molar-refractivity contribution in [1.29, 1.82) is 0 Å². The first-order chi connectivity index (χ1) is 6.39. The van der Waals surface area contributed by atoms with E-state index >= 15 is 0 Å². The van der Waals surface area contributed by atoms with Crippen LogP contribution in [0, 0.1) is 11.3 Å². The predicted molar refractivity (Wildman–Crippen MR) is 54.3 cm³/mol. The van der Waals surface area contributed by atoms with Crippen molar-refractivity contribution in [2.45, 2.75) is 40.0 Å². The number of carboxylic acid groups (broad SMARTS) is 2. The first-order valence-electron chi connectivity index (χ1n) is 4.86. The fourth-order valence-electron chi connectivity index (χ4n) is 1.54. The molecule has 2 N–H and O–H groups in total. The number of carbonyl (C=O) groups is 2. The molecule has 4 nitrogen and oxygen atoms in total. The van der Waals surface area contributed by atoms with E-state index < -0.39 is 23.3 Å². The molecule has 0 aliphatic heterocycles. The van der Waals surface area contributed by atoms with E-state index in [-0.39, 0.29) is 79.5 Å². The van der Waals surface area contributed by atoms with Gasteiger partial charge in [0.1, 0.15) is 0 Å². The molecule has 6 heteroatoms. The zero-order valence-corrected chi connectivity index (χ0v) is 14.0. The minimum Gasteiger partial charge on any atom is -1.00 e. The molecule has 0 aliphatic carbocycles. The largest absolute Gasteiger partial charge is 1.00 e. The van der Waals surface area contributed by atoms with Crippen molar-refractivity contribution in [3.8, 4) is 0 Å². The van der Waals surface area contributed by atoms with Crippen molar-refractivity contribution < 1.29 is 92.9 Å². The Morgan fingerprint density at radius 2 is 1.62 bits per heavy atom. The third-order valence-electron chi connectivity index (χ3n) is 2.67. The summed E-state index contributed by atoms with van der Waals surface area (Å²) in [5.74, 6) is -2.86. The van der Waals surface area contributed by atoms with Crippen molar-refractivity contribution in [1.82, 2.24) is 0 Å². The Labute approximate surface area is 154 Å². The summed E-state index contributed by atoms with van der Waals surface area (Å²) < 4.78 is 0. The molecular weight excluding hydrogens is 230 g/mol. The Kier molecular flexibility index (Phi) is 14.2. The molecule has 0 aromatic rings. The molecule has 0 heterocycles. The molecule has 86 valence electrons. The van der Waals surface area contributed by atoms with Crippen molar-refractivity contribution >= 4 is 11.9 Å². The fourth-order valence-corrected chi connectivity index (χ4v) is 1.54. The van der Waals surface area contributed by atoms with E-state index in [1.54, 1.807) is 13.8 Å². The van der Waals surface area contributed by atoms with Gasteiger partial charge >= 0.3 is 82.2 Å². The van der Waals surface area contributed by atoms with Gasteiger partial charge in [0.2, 0.25) is 0 Å². The summed E-state index contributed by atoms with van der Waals surface area (Å²) in [6, 6.07) is 0. The van der Waals surface area contributed by atoms with E-state index in [2.05, 4.69) is 0 Å². The third-order valence-corrected chi connectivity index (χ3v) is 2.67. The summed E-state index contributed by atoms with van der Waals surface area (Å²) in [7, 11) is 0. The van der Waals surface area contributed by atoms with Crippen LogP contribution in [0.15, 0.2) is 0 Å². The fraction of sp³-hybridized carbons (Fsp3) is 0.800. The zero-order chi connectivity index (χ0) is 11.4. The molecule has 0 fully saturated rings. The van der Waals surface area contributed by atoms with Gasteiger partial charge in [-0.3, -0.25) is 9.59 Å². The van der Waals surface area contributed by atoms with Crippen LogP contribution in [0.4, 0.5) is 0 Å². The molecule has 0 aromatic heterocycles. The van der Waals surface area contributed by atoms with Gasteiger partial charge < -0.3 is 13.1 Å². The molecule has 0 unspecified atom stereocenters. The number of aliphatic carboxylic acids is 2. The second kappa shape index (κ2) is 10.1. The van der Waals surface area contributed by atoms with E-state index in [0.29, 0.717) is 6.42 Å². The smallest absolute Gasteiger partial charge is 1.00 e. The Balaban J connectivity index is -0.000000141. The monoisotopic (exact) mass is 250 g/mol. The number of carboxylic acids is 2. The van der Waals surface area contributed by atoms with Crippen molar-refractivity contribution in [2.75, 3.05) is 0 Å². The first kappa shape index (κ1) is 22.4. The van der Waals surface area contributed by atoms with Gasteiger partial charge in [-0.15, -0.1) is 0 Å². The maximum absolute atomic E-state index is 11.0. The minimum atomic E-state index is -1.62. The van der Waals surface area contributed by atoms with E-state index in [1.807, 2.05) is 6.92 Å². The van der Waals surface area contributed by atoms with E-state index in [9.17, 15) is 9.59 Å². The topological polar surface area (TPSA) is 74.6 Å². The van der Waals surface area contributed by atoms with Gasteiger partial charge in [-0.25, -0.2) is 0 Å². The van der Waals surface area contributed by atoms with Gasteiger partial charge in [-0.1, -0.05) is 33.6 Å². The molecule has 0 saturated carbocycles. The van der Waals surface area contributed by atoms with Crippen LogP contribution < -0.4 is 70.2 Å². The van der Waals surface area contributed by atoms with Crippen LogP contribution in [0.1, 0.15) is 42.9 Å². The molecule has 0 radical (unpaired) electrons. The average molecular weight is 250 g/mol. The second-order valence-electron chi connectivity index (χ2n) is 3.84. The molecule has 0 bridgehead atoms. The maximum Gasteiger partial charge on any atom is 1.00 e. The standard InChI is InChI=1S/C10H18O4.K.Li.2H/c1-4-5-6-10(7(2)3,8(11)12)9(13)14;;;;/h7H,4-6H2,1-3H3,(H,11,12)(H,13,14);;;;/q;2*+1;2*-1. The van der Waals surface area contributed by atoms with Gasteiger partial charge in [0, 0.05) is 0 Å². The summed E-state index contributed by atoms with van der Waals surface area (Å²) in [6.45, 7) is 5.19. The molecule has 0 amide bonds. The SMILES string of the molecule is CCCCC(C(=O)O)(C(=O)O)C(C)C.[H-].[H-].[K+].[Li+]. The van der Waals surface area contributed by atoms with Gasteiger partial charge in [0.05, 0.1) is 0 Å². The molecule has 0 spiro atoms. The average Bonchev–Trinajstić information content (AvgIpc) is 2.03. The summed E-state index contributed by atoms with van der Waals surface area (Å²) in [5, 5.41) is 18.0. The van der Waals surface area contributed by atoms with E-state index in [1.165, 1.54) is 0 Å². The Morgan fingerprint density at radius 3 is 1.81 bits per heavy atom. The van der Waals surface area contributed by atoms with E-state index in [4.69, 9.17) is 10.2 Å². The van der Waals surface area contributed by atoms with Gasteiger partial charge in [0.25, 0.3) is 0 Å². The molecular formula is C10H20KLiO4. The van der Waals surface area contributed by atoms with Crippen LogP contribution in [-0.4, -0.2) is 22.2 Å². The number of hydrogen-bond donors (Lipinski definition) is 2. The van der Waals surface area contributed by atoms with Gasteiger partial charge in [-0.2, -0.15) is 0 Å². The molecule has 0 atom stereocenters. The van der Waals surface area contributed by atoms with Crippen molar-refractivity contribution in [3.63, 3.8) is 0 Å². The summed E-state index contributed by atoms with van der Waals surface area (Å²) in [5.41, 5.74) is -1.62. The van der Waals surface area contributed by atoms with Crippen LogP contribution in [0.25, 0.3) is 0 Å². The number of rotatable bonds is 6. The normalized spacial score (nSPS) is 10.2. The molecule has 0 aliphatic rings.